The lowest BCUT2D eigenvalue weighted by Gasteiger charge is -2.41. The number of rotatable bonds is 9. The van der Waals surface area contributed by atoms with E-state index < -0.39 is 5.60 Å². The van der Waals surface area contributed by atoms with Gasteiger partial charge in [0.2, 0.25) is 5.88 Å². The van der Waals surface area contributed by atoms with Gasteiger partial charge in [-0.3, -0.25) is 0 Å². The molecule has 1 unspecified atom stereocenters. The molecule has 33 heavy (non-hydrogen) atoms. The van der Waals surface area contributed by atoms with Gasteiger partial charge in [-0.2, -0.15) is 0 Å². The monoisotopic (exact) mass is 445 g/mol. The number of ether oxygens (including phenoxy) is 2. The third-order valence-electron chi connectivity index (χ3n) is 6.69. The third-order valence-corrected chi connectivity index (χ3v) is 6.69. The van der Waals surface area contributed by atoms with E-state index in [1.165, 1.54) is 16.7 Å². The van der Waals surface area contributed by atoms with Crippen LogP contribution in [0, 0.1) is 5.92 Å². The smallest absolute Gasteiger partial charge is 0.217 e. The van der Waals surface area contributed by atoms with Crippen molar-refractivity contribution in [3.63, 3.8) is 0 Å². The van der Waals surface area contributed by atoms with Gasteiger partial charge in [0, 0.05) is 17.8 Å². The molecule has 4 rings (SSSR count). The highest BCUT2D eigenvalue weighted by Gasteiger charge is 2.40. The minimum Gasteiger partial charge on any atom is -0.508 e. The van der Waals surface area contributed by atoms with Gasteiger partial charge in [0.25, 0.3) is 0 Å². The van der Waals surface area contributed by atoms with Gasteiger partial charge in [0.05, 0.1) is 0 Å². The van der Waals surface area contributed by atoms with E-state index >= 15 is 0 Å². The average Bonchev–Trinajstić information content (AvgIpc) is 2.82. The Bertz CT molecular complexity index is 1060. The molecule has 2 aromatic carbocycles. The van der Waals surface area contributed by atoms with Crippen LogP contribution in [0.2, 0.25) is 0 Å². The Balaban J connectivity index is 1.42. The second-order valence-electron chi connectivity index (χ2n) is 9.44. The van der Waals surface area contributed by atoms with Crippen molar-refractivity contribution in [1.82, 2.24) is 4.98 Å². The van der Waals surface area contributed by atoms with Crippen LogP contribution in [0.5, 0.6) is 17.4 Å². The van der Waals surface area contributed by atoms with E-state index in [0.717, 1.165) is 50.0 Å². The Morgan fingerprint density at radius 3 is 2.45 bits per heavy atom. The summed E-state index contributed by atoms with van der Waals surface area (Å²) in [6, 6.07) is 20.3. The first-order valence-corrected chi connectivity index (χ1v) is 12.1. The molecular weight excluding hydrogens is 410 g/mol. The summed E-state index contributed by atoms with van der Waals surface area (Å²) in [6.45, 7) is 6.94. The number of fused-ring (bicyclic) bond motifs is 1. The maximum atomic E-state index is 10.3. The fourth-order valence-electron chi connectivity index (χ4n) is 4.48. The highest BCUT2D eigenvalue weighted by molar-refractivity contribution is 5.36. The molecule has 0 saturated carbocycles. The molecule has 0 spiro atoms. The number of aromatic nitrogens is 1. The van der Waals surface area contributed by atoms with Gasteiger partial charge in [-0.1, -0.05) is 69.7 Å². The molecule has 1 atom stereocenters. The van der Waals surface area contributed by atoms with Crippen molar-refractivity contribution in [2.24, 2.45) is 5.92 Å². The van der Waals surface area contributed by atoms with Crippen LogP contribution < -0.4 is 9.47 Å². The first kappa shape index (κ1) is 23.2. The van der Waals surface area contributed by atoms with E-state index in [1.54, 1.807) is 12.1 Å². The number of aromatic hydroxyl groups is 1. The van der Waals surface area contributed by atoms with E-state index in [2.05, 4.69) is 62.2 Å². The number of nitrogens with zero attached hydrogens (tertiary/aromatic N) is 1. The molecule has 174 valence electrons. The van der Waals surface area contributed by atoms with Crippen LogP contribution in [-0.2, 0) is 25.7 Å². The van der Waals surface area contributed by atoms with E-state index in [1.807, 2.05) is 12.1 Å². The third kappa shape index (κ3) is 5.68. The van der Waals surface area contributed by atoms with Crippen molar-refractivity contribution in [2.45, 2.75) is 64.9 Å². The summed E-state index contributed by atoms with van der Waals surface area (Å²) in [6.07, 6.45) is 5.75. The molecule has 0 amide bonds. The maximum Gasteiger partial charge on any atom is 0.217 e. The molecule has 0 radical (unpaired) electrons. The molecule has 1 aliphatic heterocycles. The molecule has 4 nitrogen and oxygen atoms in total. The Kier molecular flexibility index (Phi) is 7.22. The molecular formula is C29H35NO3. The Labute approximate surface area is 197 Å². The van der Waals surface area contributed by atoms with Crippen molar-refractivity contribution < 1.29 is 14.6 Å². The topological polar surface area (TPSA) is 51.6 Å². The predicted molar refractivity (Wildman–Crippen MR) is 132 cm³/mol. The van der Waals surface area contributed by atoms with Gasteiger partial charge in [-0.15, -0.1) is 0 Å². The molecule has 0 saturated heterocycles. The van der Waals surface area contributed by atoms with E-state index in [-0.39, 0.29) is 11.7 Å². The highest BCUT2D eigenvalue weighted by atomic mass is 16.5. The molecule has 2 heterocycles. The molecule has 4 heteroatoms. The largest absolute Gasteiger partial charge is 0.508 e. The maximum absolute atomic E-state index is 10.3. The van der Waals surface area contributed by atoms with Crippen molar-refractivity contribution in [3.05, 3.63) is 83.0 Å². The zero-order valence-electron chi connectivity index (χ0n) is 20.0. The number of pyridine rings is 1. The summed E-state index contributed by atoms with van der Waals surface area (Å²) >= 11 is 0. The van der Waals surface area contributed by atoms with Gasteiger partial charge in [-0.25, -0.2) is 4.98 Å². The van der Waals surface area contributed by atoms with Gasteiger partial charge in [-0.05, 0) is 60.8 Å². The summed E-state index contributed by atoms with van der Waals surface area (Å²) < 4.78 is 12.6. The number of hydrogen-bond donors (Lipinski definition) is 1. The molecule has 1 aromatic heterocycles. The van der Waals surface area contributed by atoms with Crippen LogP contribution in [0.25, 0.3) is 0 Å². The second kappa shape index (κ2) is 10.3. The summed E-state index contributed by atoms with van der Waals surface area (Å²) in [5.74, 6) is 1.85. The fraction of sp³-hybridized carbons (Fsp3) is 0.414. The quantitative estimate of drug-likeness (QED) is 0.418. The molecule has 0 bridgehead atoms. The lowest BCUT2D eigenvalue weighted by Crippen LogP contribution is -2.49. The van der Waals surface area contributed by atoms with E-state index in [0.29, 0.717) is 12.5 Å². The summed E-state index contributed by atoms with van der Waals surface area (Å²) in [4.78, 5) is 4.68. The Morgan fingerprint density at radius 1 is 1.00 bits per heavy atom. The zero-order valence-corrected chi connectivity index (χ0v) is 20.0. The van der Waals surface area contributed by atoms with Gasteiger partial charge < -0.3 is 14.6 Å². The lowest BCUT2D eigenvalue weighted by atomic mass is 9.83. The van der Waals surface area contributed by atoms with Crippen LogP contribution in [0.4, 0.5) is 0 Å². The van der Waals surface area contributed by atoms with Crippen LogP contribution >= 0.6 is 0 Å². The normalized spacial score (nSPS) is 17.5. The SMILES string of the molecule is CCCc1ccc(CCc2cc(O)cc(OCC3(C(C)C)CCc4ccccc4O3)n2)cc1. The zero-order chi connectivity index (χ0) is 23.3. The van der Waals surface area contributed by atoms with Gasteiger partial charge in [0.1, 0.15) is 23.7 Å². The molecule has 0 fully saturated rings. The summed E-state index contributed by atoms with van der Waals surface area (Å²) in [7, 11) is 0. The van der Waals surface area contributed by atoms with E-state index in [4.69, 9.17) is 9.47 Å². The first-order chi connectivity index (χ1) is 16.0. The average molecular weight is 446 g/mol. The van der Waals surface area contributed by atoms with Crippen molar-refractivity contribution in [1.29, 1.82) is 0 Å². The van der Waals surface area contributed by atoms with Crippen LogP contribution in [0.1, 0.15) is 56.0 Å². The van der Waals surface area contributed by atoms with Gasteiger partial charge in [0.15, 0.2) is 0 Å². The van der Waals surface area contributed by atoms with Crippen LogP contribution in [0.3, 0.4) is 0 Å². The molecule has 1 N–H and O–H groups in total. The van der Waals surface area contributed by atoms with Crippen molar-refractivity contribution in [3.8, 4) is 17.4 Å². The lowest BCUT2D eigenvalue weighted by molar-refractivity contribution is -0.0365. The number of aryl methyl sites for hydroxylation is 4. The molecule has 3 aromatic rings. The molecule has 0 aliphatic carbocycles. The van der Waals surface area contributed by atoms with Crippen molar-refractivity contribution in [2.75, 3.05) is 6.61 Å². The highest BCUT2D eigenvalue weighted by Crippen LogP contribution is 2.38. The minimum atomic E-state index is -0.415. The minimum absolute atomic E-state index is 0.182. The number of benzene rings is 2. The Morgan fingerprint density at radius 2 is 1.73 bits per heavy atom. The van der Waals surface area contributed by atoms with Crippen LogP contribution in [-0.4, -0.2) is 22.3 Å². The Hall–Kier alpha value is -3.01. The predicted octanol–water partition coefficient (Wildman–Crippen LogP) is 6.32. The van der Waals surface area contributed by atoms with Crippen molar-refractivity contribution >= 4 is 0 Å². The number of hydrogen-bond acceptors (Lipinski definition) is 4. The van der Waals surface area contributed by atoms with Gasteiger partial charge >= 0.3 is 0 Å². The standard InChI is InChI=1S/C29H35NO3/c1-4-7-22-10-12-23(13-11-22)14-15-25-18-26(31)19-28(30-25)32-20-29(21(2)3)17-16-24-8-5-6-9-27(24)33-29/h5-6,8-13,18-19,21H,4,7,14-17,20H2,1-3H3,(H,30,31). The summed E-state index contributed by atoms with van der Waals surface area (Å²) in [5, 5.41) is 10.3. The van der Waals surface area contributed by atoms with Crippen LogP contribution in [0.15, 0.2) is 60.7 Å². The first-order valence-electron chi connectivity index (χ1n) is 12.1. The fourth-order valence-corrected chi connectivity index (χ4v) is 4.48. The number of para-hydroxylation sites is 1. The molecule has 1 aliphatic rings. The second-order valence-corrected chi connectivity index (χ2v) is 9.44. The van der Waals surface area contributed by atoms with E-state index in [9.17, 15) is 5.11 Å². The summed E-state index contributed by atoms with van der Waals surface area (Å²) in [5.41, 5.74) is 4.31.